The number of thiazole rings is 1. The smallest absolute Gasteiger partial charge is 0.258 e. The number of nitrogens with zero attached hydrogens (tertiary/aromatic N) is 2. The number of fused-ring (bicyclic) bond motifs is 1. The van der Waals surface area contributed by atoms with E-state index in [-0.39, 0.29) is 10.2 Å². The fraction of sp³-hybridized carbons (Fsp3) is 0.222. The van der Waals surface area contributed by atoms with Gasteiger partial charge < -0.3 is 0 Å². The molecule has 1 heterocycles. The van der Waals surface area contributed by atoms with E-state index in [0.29, 0.717) is 10.4 Å². The average Bonchev–Trinajstić information content (AvgIpc) is 2.68. The maximum Gasteiger partial charge on any atom is 0.416 e. The van der Waals surface area contributed by atoms with E-state index in [1.807, 2.05) is 0 Å². The van der Waals surface area contributed by atoms with Gasteiger partial charge in [0.25, 0.3) is 5.69 Å². The molecule has 0 aliphatic carbocycles. The third kappa shape index (κ3) is 2.27. The van der Waals surface area contributed by atoms with Crippen LogP contribution in [0.15, 0.2) is 16.5 Å². The number of hydrogen-bond donors (Lipinski definition) is 0. The van der Waals surface area contributed by atoms with Crippen LogP contribution in [0.3, 0.4) is 0 Å². The molecule has 2 aromatic rings. The van der Waals surface area contributed by atoms with E-state index in [1.165, 1.54) is 11.8 Å². The van der Waals surface area contributed by atoms with E-state index in [9.17, 15) is 23.3 Å². The lowest BCUT2D eigenvalue weighted by Crippen LogP contribution is -2.05. The number of aromatic nitrogens is 1. The first-order valence-corrected chi connectivity index (χ1v) is 6.57. The van der Waals surface area contributed by atoms with Crippen LogP contribution in [-0.2, 0) is 6.18 Å². The van der Waals surface area contributed by atoms with E-state index in [1.54, 1.807) is 6.26 Å². The Bertz CT molecular complexity index is 624. The SMILES string of the molecule is CSc1nc2c([N+](=O)[O-])cc(C(F)(F)F)cc2s1. The van der Waals surface area contributed by atoms with Crippen molar-refractivity contribution in [2.24, 2.45) is 0 Å². The van der Waals surface area contributed by atoms with Crippen molar-refractivity contribution in [2.75, 3.05) is 6.26 Å². The molecular weight excluding hydrogens is 289 g/mol. The van der Waals surface area contributed by atoms with E-state index in [2.05, 4.69) is 4.98 Å². The van der Waals surface area contributed by atoms with Gasteiger partial charge in [-0.15, -0.1) is 11.3 Å². The number of benzene rings is 1. The molecule has 4 nitrogen and oxygen atoms in total. The molecule has 0 saturated heterocycles. The Labute approximate surface area is 107 Å². The van der Waals surface area contributed by atoms with Crippen LogP contribution >= 0.6 is 23.1 Å². The Hall–Kier alpha value is -1.35. The second-order valence-corrected chi connectivity index (χ2v) is 5.36. The van der Waals surface area contributed by atoms with Gasteiger partial charge in [0.2, 0.25) is 0 Å². The number of nitro groups is 1. The predicted octanol–water partition coefficient (Wildman–Crippen LogP) is 3.95. The Balaban J connectivity index is 2.76. The lowest BCUT2D eigenvalue weighted by atomic mass is 10.2. The zero-order valence-corrected chi connectivity index (χ0v) is 10.4. The number of alkyl halides is 3. The molecule has 18 heavy (non-hydrogen) atoms. The molecule has 0 saturated carbocycles. The van der Waals surface area contributed by atoms with Gasteiger partial charge in [0.15, 0.2) is 9.86 Å². The van der Waals surface area contributed by atoms with Gasteiger partial charge in [-0.05, 0) is 12.3 Å². The van der Waals surface area contributed by atoms with E-state index >= 15 is 0 Å². The van der Waals surface area contributed by atoms with E-state index < -0.39 is 22.4 Å². The molecule has 0 bridgehead atoms. The van der Waals surface area contributed by atoms with Crippen LogP contribution in [0.4, 0.5) is 18.9 Å². The molecule has 1 aromatic carbocycles. The summed E-state index contributed by atoms with van der Waals surface area (Å²) in [7, 11) is 0. The number of non-ortho nitro benzene ring substituents is 1. The topological polar surface area (TPSA) is 56.0 Å². The molecule has 0 atom stereocenters. The van der Waals surface area contributed by atoms with Crippen LogP contribution < -0.4 is 0 Å². The zero-order chi connectivity index (χ0) is 13.5. The molecule has 0 aliphatic heterocycles. The molecule has 96 valence electrons. The molecule has 0 N–H and O–H groups in total. The third-order valence-corrected chi connectivity index (χ3v) is 4.14. The normalized spacial score (nSPS) is 12.0. The van der Waals surface area contributed by atoms with Crippen molar-refractivity contribution in [3.8, 4) is 0 Å². The summed E-state index contributed by atoms with van der Waals surface area (Å²) in [6.45, 7) is 0. The molecule has 1 aromatic heterocycles. The largest absolute Gasteiger partial charge is 0.416 e. The lowest BCUT2D eigenvalue weighted by molar-refractivity contribution is -0.383. The van der Waals surface area contributed by atoms with Crippen molar-refractivity contribution in [2.45, 2.75) is 10.5 Å². The summed E-state index contributed by atoms with van der Waals surface area (Å²) in [5, 5.41) is 10.8. The van der Waals surface area contributed by atoms with Gasteiger partial charge in [-0.3, -0.25) is 10.1 Å². The Morgan fingerprint density at radius 1 is 1.44 bits per heavy atom. The fourth-order valence-electron chi connectivity index (χ4n) is 1.38. The number of halogens is 3. The summed E-state index contributed by atoms with van der Waals surface area (Å²) in [4.78, 5) is 13.9. The van der Waals surface area contributed by atoms with Gasteiger partial charge in [-0.25, -0.2) is 4.98 Å². The van der Waals surface area contributed by atoms with Gasteiger partial charge in [0, 0.05) is 6.07 Å². The fourth-order valence-corrected chi connectivity index (χ4v) is 2.92. The highest BCUT2D eigenvalue weighted by atomic mass is 32.2. The van der Waals surface area contributed by atoms with Crippen LogP contribution in [0.5, 0.6) is 0 Å². The molecular formula is C9H5F3N2O2S2. The van der Waals surface area contributed by atoms with E-state index in [4.69, 9.17) is 0 Å². The maximum atomic E-state index is 12.6. The standard InChI is InChI=1S/C9H5F3N2O2S2/c1-17-8-13-7-5(14(15)16)2-4(9(10,11)12)3-6(7)18-8/h2-3H,1H3. The molecule has 0 fully saturated rings. The molecule has 0 aliphatic rings. The van der Waals surface area contributed by atoms with Crippen molar-refractivity contribution in [1.82, 2.24) is 4.98 Å². The number of hydrogen-bond acceptors (Lipinski definition) is 5. The van der Waals surface area contributed by atoms with Crippen molar-refractivity contribution >= 4 is 39.0 Å². The summed E-state index contributed by atoms with van der Waals surface area (Å²) in [6.07, 6.45) is -2.91. The summed E-state index contributed by atoms with van der Waals surface area (Å²) < 4.78 is 38.5. The lowest BCUT2D eigenvalue weighted by Gasteiger charge is -2.05. The average molecular weight is 294 g/mol. The molecule has 2 rings (SSSR count). The quantitative estimate of drug-likeness (QED) is 0.478. The second kappa shape index (κ2) is 4.39. The van der Waals surface area contributed by atoms with Crippen LogP contribution in [0.2, 0.25) is 0 Å². The highest BCUT2D eigenvalue weighted by molar-refractivity contribution is 8.00. The van der Waals surface area contributed by atoms with Crippen LogP contribution in [0, 0.1) is 10.1 Å². The zero-order valence-electron chi connectivity index (χ0n) is 8.82. The summed E-state index contributed by atoms with van der Waals surface area (Å²) in [6, 6.07) is 1.41. The Morgan fingerprint density at radius 3 is 2.61 bits per heavy atom. The first-order chi connectivity index (χ1) is 8.32. The van der Waals surface area contributed by atoms with Crippen molar-refractivity contribution in [3.05, 3.63) is 27.8 Å². The minimum absolute atomic E-state index is 0.00218. The molecule has 0 radical (unpaired) electrons. The van der Waals surface area contributed by atoms with Crippen molar-refractivity contribution in [1.29, 1.82) is 0 Å². The number of thioether (sulfide) groups is 1. The van der Waals surface area contributed by atoms with Crippen molar-refractivity contribution in [3.63, 3.8) is 0 Å². The summed E-state index contributed by atoms with van der Waals surface area (Å²) >= 11 is 2.24. The summed E-state index contributed by atoms with van der Waals surface area (Å²) in [5.74, 6) is 0. The first kappa shape index (κ1) is 13.1. The highest BCUT2D eigenvalue weighted by Crippen LogP contribution is 2.39. The third-order valence-electron chi connectivity index (χ3n) is 2.15. The molecule has 0 spiro atoms. The number of rotatable bonds is 2. The van der Waals surface area contributed by atoms with Crippen LogP contribution in [0.25, 0.3) is 10.2 Å². The van der Waals surface area contributed by atoms with Gasteiger partial charge in [0.1, 0.15) is 0 Å². The number of nitro benzene ring substituents is 1. The monoisotopic (exact) mass is 294 g/mol. The van der Waals surface area contributed by atoms with Crippen LogP contribution in [-0.4, -0.2) is 16.2 Å². The minimum atomic E-state index is -4.61. The van der Waals surface area contributed by atoms with Gasteiger partial charge in [0.05, 0.1) is 15.2 Å². The van der Waals surface area contributed by atoms with Gasteiger partial charge in [-0.1, -0.05) is 11.8 Å². The highest BCUT2D eigenvalue weighted by Gasteiger charge is 2.34. The minimum Gasteiger partial charge on any atom is -0.258 e. The molecule has 0 unspecified atom stereocenters. The predicted molar refractivity (Wildman–Crippen MR) is 63.1 cm³/mol. The Morgan fingerprint density at radius 2 is 2.11 bits per heavy atom. The van der Waals surface area contributed by atoms with E-state index in [0.717, 1.165) is 17.4 Å². The van der Waals surface area contributed by atoms with Crippen molar-refractivity contribution < 1.29 is 18.1 Å². The molecule has 0 amide bonds. The molecule has 9 heteroatoms. The van der Waals surface area contributed by atoms with Gasteiger partial charge in [-0.2, -0.15) is 13.2 Å². The van der Waals surface area contributed by atoms with Crippen LogP contribution in [0.1, 0.15) is 5.56 Å². The summed E-state index contributed by atoms with van der Waals surface area (Å²) in [5.41, 5.74) is -1.64. The Kier molecular flexibility index (Phi) is 3.20. The second-order valence-electron chi connectivity index (χ2n) is 3.28. The maximum absolute atomic E-state index is 12.6. The van der Waals surface area contributed by atoms with Gasteiger partial charge >= 0.3 is 6.18 Å². The first-order valence-electron chi connectivity index (χ1n) is 4.53.